The van der Waals surface area contributed by atoms with Gasteiger partial charge >= 0.3 is 5.97 Å². The predicted octanol–water partition coefficient (Wildman–Crippen LogP) is 7.12. The van der Waals surface area contributed by atoms with Crippen LogP contribution >= 0.6 is 0 Å². The van der Waals surface area contributed by atoms with Gasteiger partial charge in [-0.3, -0.25) is 14.6 Å². The van der Waals surface area contributed by atoms with E-state index in [1.807, 2.05) is 32.9 Å². The molecule has 5 heterocycles. The Balaban J connectivity index is 1.77. The molecule has 8 heteroatoms. The van der Waals surface area contributed by atoms with Gasteiger partial charge in [-0.25, -0.2) is 4.98 Å². The summed E-state index contributed by atoms with van der Waals surface area (Å²) in [5.41, 5.74) is 17.2. The summed E-state index contributed by atoms with van der Waals surface area (Å²) in [5, 5.41) is 9.50. The number of rotatable bonds is 8. The van der Waals surface area contributed by atoms with Gasteiger partial charge in [-0.1, -0.05) is 27.7 Å². The summed E-state index contributed by atoms with van der Waals surface area (Å²) in [5.74, 6) is -0.767. The first kappa shape index (κ1) is 30.4. The van der Waals surface area contributed by atoms with Gasteiger partial charge < -0.3 is 20.8 Å². The maximum atomic E-state index is 13.0. The molecule has 226 valence electrons. The number of carboxylic acids is 1. The first-order valence-electron chi connectivity index (χ1n) is 15.1. The second-order valence-corrected chi connectivity index (χ2v) is 13.1. The van der Waals surface area contributed by atoms with Crippen molar-refractivity contribution < 1.29 is 14.7 Å². The van der Waals surface area contributed by atoms with Crippen LogP contribution in [-0.4, -0.2) is 42.8 Å². The van der Waals surface area contributed by atoms with Crippen LogP contribution in [0.25, 0.3) is 33.2 Å². The largest absolute Gasteiger partial charge is 0.481 e. The number of carboxylic acid groups (broad SMARTS) is 1. The number of aromatic amines is 2. The molecule has 8 bridgehead atoms. The zero-order valence-electron chi connectivity index (χ0n) is 26.3. The van der Waals surface area contributed by atoms with E-state index in [9.17, 15) is 14.7 Å². The summed E-state index contributed by atoms with van der Waals surface area (Å²) in [4.78, 5) is 41.9. The number of carbonyl (C=O) groups is 2. The van der Waals surface area contributed by atoms with Crippen LogP contribution in [0.3, 0.4) is 0 Å². The fourth-order valence-corrected chi connectivity index (χ4v) is 6.27. The molecule has 0 radical (unpaired) electrons. The van der Waals surface area contributed by atoms with Gasteiger partial charge in [0, 0.05) is 57.6 Å². The van der Waals surface area contributed by atoms with Gasteiger partial charge in [-0.2, -0.15) is 0 Å². The zero-order chi connectivity index (χ0) is 31.2. The van der Waals surface area contributed by atoms with Gasteiger partial charge in [0.2, 0.25) is 0 Å². The molecule has 2 atom stereocenters. The Hall–Kier alpha value is -4.04. The van der Waals surface area contributed by atoms with Gasteiger partial charge in [-0.15, -0.1) is 0 Å². The molecule has 0 fully saturated rings. The molecule has 0 amide bonds. The van der Waals surface area contributed by atoms with Crippen LogP contribution in [0, 0.1) is 19.8 Å². The van der Waals surface area contributed by atoms with Crippen LogP contribution in [0.15, 0.2) is 36.4 Å². The maximum absolute atomic E-state index is 13.0. The van der Waals surface area contributed by atoms with Crippen molar-refractivity contribution in [3.8, 4) is 0 Å². The average Bonchev–Trinajstić information content (AvgIpc) is 3.60. The fourth-order valence-electron chi connectivity index (χ4n) is 6.27. The summed E-state index contributed by atoms with van der Waals surface area (Å²) in [6.07, 6.45) is 1.35. The van der Waals surface area contributed by atoms with E-state index < -0.39 is 12.0 Å². The third-order valence-electron chi connectivity index (χ3n) is 9.19. The number of fused-ring (bicyclic) bond motifs is 8. The van der Waals surface area contributed by atoms with Crippen molar-refractivity contribution in [3.63, 3.8) is 0 Å². The van der Waals surface area contributed by atoms with Crippen LogP contribution in [0.4, 0.5) is 0 Å². The van der Waals surface area contributed by atoms with Crippen molar-refractivity contribution in [1.82, 2.24) is 19.9 Å². The van der Waals surface area contributed by atoms with E-state index >= 15 is 0 Å². The Morgan fingerprint density at radius 3 is 2.16 bits per heavy atom. The number of Topliss-reactive ketones (excluding diaryl/α,β-unsaturated/α-hetero) is 1. The molecule has 5 rings (SSSR count). The lowest BCUT2D eigenvalue weighted by molar-refractivity contribution is -0.136. The number of ketones is 1. The Morgan fingerprint density at radius 2 is 1.53 bits per heavy atom. The van der Waals surface area contributed by atoms with Gasteiger partial charge in [-0.05, 0) is 98.2 Å². The normalized spacial score (nSPS) is 17.0. The maximum Gasteiger partial charge on any atom is 0.303 e. The molecule has 0 aromatic carbocycles. The molecule has 2 aliphatic heterocycles. The minimum atomic E-state index is -0.849. The number of H-pyrrole nitrogens is 2. The number of allylic oxidation sites excluding steroid dienone is 2. The highest BCUT2D eigenvalue weighted by Gasteiger charge is 2.40. The van der Waals surface area contributed by atoms with E-state index in [0.29, 0.717) is 19.3 Å². The molecule has 0 saturated carbocycles. The number of nitrogens with zero attached hydrogens (tertiary/aromatic N) is 2. The number of aryl methyl sites for hydroxylation is 2. The van der Waals surface area contributed by atoms with Gasteiger partial charge in [0.1, 0.15) is 5.78 Å². The first-order chi connectivity index (χ1) is 20.2. The van der Waals surface area contributed by atoms with E-state index in [0.717, 1.165) is 67.1 Å². The highest BCUT2D eigenvalue weighted by atomic mass is 16.4. The van der Waals surface area contributed by atoms with Crippen molar-refractivity contribution in [3.05, 3.63) is 70.3 Å². The Kier molecular flexibility index (Phi) is 8.18. The highest BCUT2D eigenvalue weighted by molar-refractivity contribution is 5.93. The van der Waals surface area contributed by atoms with Crippen molar-refractivity contribution in [2.24, 2.45) is 11.7 Å². The molecule has 2 aliphatic rings. The minimum absolute atomic E-state index is 0.00981. The van der Waals surface area contributed by atoms with E-state index in [2.05, 4.69) is 61.9 Å². The molecule has 3 aromatic heterocycles. The summed E-state index contributed by atoms with van der Waals surface area (Å²) < 4.78 is 0. The predicted molar refractivity (Wildman–Crippen MR) is 173 cm³/mol. The van der Waals surface area contributed by atoms with Gasteiger partial charge in [0.25, 0.3) is 0 Å². The van der Waals surface area contributed by atoms with Gasteiger partial charge in [0.15, 0.2) is 0 Å². The lowest BCUT2D eigenvalue weighted by atomic mass is 9.74. The molecule has 2 unspecified atom stereocenters. The van der Waals surface area contributed by atoms with E-state index in [1.165, 1.54) is 0 Å². The highest BCUT2D eigenvalue weighted by Crippen LogP contribution is 2.45. The van der Waals surface area contributed by atoms with Crippen LogP contribution in [0.1, 0.15) is 100 Å². The Labute approximate surface area is 252 Å². The quantitative estimate of drug-likeness (QED) is 0.223. The average molecular weight is 582 g/mol. The molecule has 8 nitrogen and oxygen atoms in total. The van der Waals surface area contributed by atoms with E-state index in [-0.39, 0.29) is 29.5 Å². The fraction of sp³-hybridized carbons (Fsp3) is 0.429. The molecule has 0 saturated heterocycles. The molecular formula is C35H43N5O3. The summed E-state index contributed by atoms with van der Waals surface area (Å²) in [7, 11) is 0. The second-order valence-electron chi connectivity index (χ2n) is 13.1. The monoisotopic (exact) mass is 581 g/mol. The SMILES string of the molecule is CC1=C(CCC(=O)O)c2cc3nc(cc4[nH]c(cc4C)cc4[nH]c(cc1n2)cc4C)C(C)(C)C3CCC(=O)C(N)C(C)C. The number of carbonyl (C=O) groups excluding carboxylic acids is 1. The molecule has 0 spiro atoms. The minimum Gasteiger partial charge on any atom is -0.481 e. The van der Waals surface area contributed by atoms with Crippen LogP contribution in [0.5, 0.6) is 0 Å². The third kappa shape index (κ3) is 6.07. The lowest BCUT2D eigenvalue weighted by Gasteiger charge is -2.28. The topological polar surface area (TPSA) is 138 Å². The van der Waals surface area contributed by atoms with Crippen LogP contribution in [0.2, 0.25) is 0 Å². The van der Waals surface area contributed by atoms with E-state index in [1.54, 1.807) is 0 Å². The van der Waals surface area contributed by atoms with Crippen molar-refractivity contribution in [1.29, 1.82) is 0 Å². The second kappa shape index (κ2) is 11.6. The number of hydrogen-bond donors (Lipinski definition) is 4. The third-order valence-corrected chi connectivity index (χ3v) is 9.19. The van der Waals surface area contributed by atoms with E-state index in [4.69, 9.17) is 15.7 Å². The van der Waals surface area contributed by atoms with Crippen molar-refractivity contribution in [2.45, 2.75) is 91.5 Å². The number of nitrogens with one attached hydrogen (secondary N) is 2. The number of aromatic nitrogens is 4. The Morgan fingerprint density at radius 1 is 0.907 bits per heavy atom. The smallest absolute Gasteiger partial charge is 0.303 e. The molecule has 0 aliphatic carbocycles. The molecular weight excluding hydrogens is 538 g/mol. The molecule has 3 aromatic rings. The Bertz CT molecular complexity index is 1790. The number of hydrogen-bond acceptors (Lipinski definition) is 5. The first-order valence-corrected chi connectivity index (χ1v) is 15.1. The molecule has 5 N–H and O–H groups in total. The van der Waals surface area contributed by atoms with Crippen molar-refractivity contribution in [2.75, 3.05) is 0 Å². The summed E-state index contributed by atoms with van der Waals surface area (Å²) in [6, 6.07) is 12.0. The number of nitrogens with two attached hydrogens (primary N) is 1. The van der Waals surface area contributed by atoms with Crippen LogP contribution < -0.4 is 5.73 Å². The standard InChI is InChI=1S/C35H43N5O3/c1-18(2)34(36)31(41)10-9-25-30-16-29-24(8-11-33(42)43)21(5)28(39-29)15-23-12-19(3)26(37-23)14-22-13-20(4)27(38-22)17-32(40-30)35(25,6)7/h12-18,25,34,37-38H,8-11,36H2,1-7H3,(H,42,43). The van der Waals surface area contributed by atoms with Crippen molar-refractivity contribution >= 4 is 45.0 Å². The molecule has 43 heavy (non-hydrogen) atoms. The lowest BCUT2D eigenvalue weighted by Crippen LogP contribution is -2.36. The van der Waals surface area contributed by atoms with Crippen LogP contribution in [-0.2, 0) is 15.0 Å². The summed E-state index contributed by atoms with van der Waals surface area (Å²) >= 11 is 0. The zero-order valence-corrected chi connectivity index (χ0v) is 26.3. The number of aliphatic carboxylic acids is 1. The summed E-state index contributed by atoms with van der Waals surface area (Å²) in [6.45, 7) is 14.5. The van der Waals surface area contributed by atoms with Gasteiger partial charge in [0.05, 0.1) is 17.4 Å².